The van der Waals surface area contributed by atoms with E-state index in [-0.39, 0.29) is 6.04 Å². The minimum atomic E-state index is 0.276. The first-order chi connectivity index (χ1) is 12.2. The van der Waals surface area contributed by atoms with E-state index in [1.807, 2.05) is 36.0 Å². The number of aromatic nitrogens is 3. The maximum Gasteiger partial charge on any atom is 0.154 e. The predicted molar refractivity (Wildman–Crippen MR) is 93.7 cm³/mol. The summed E-state index contributed by atoms with van der Waals surface area (Å²) in [5, 5.41) is 8.44. The SMILES string of the molecule is COc1ccc(-n2cccn2)c(CN2CCC[C@H]2c2cc(C)no2)c1. The van der Waals surface area contributed by atoms with Gasteiger partial charge in [0.15, 0.2) is 5.76 Å². The molecule has 6 nitrogen and oxygen atoms in total. The lowest BCUT2D eigenvalue weighted by atomic mass is 10.1. The van der Waals surface area contributed by atoms with Crippen LogP contribution < -0.4 is 4.74 Å². The number of methoxy groups -OCH3 is 1. The van der Waals surface area contributed by atoms with E-state index in [9.17, 15) is 0 Å². The largest absolute Gasteiger partial charge is 0.497 e. The van der Waals surface area contributed by atoms with E-state index in [4.69, 9.17) is 9.26 Å². The van der Waals surface area contributed by atoms with Gasteiger partial charge in [-0.2, -0.15) is 5.10 Å². The van der Waals surface area contributed by atoms with Gasteiger partial charge in [-0.05, 0) is 56.1 Å². The molecule has 25 heavy (non-hydrogen) atoms. The fourth-order valence-corrected chi connectivity index (χ4v) is 3.55. The van der Waals surface area contributed by atoms with Crippen LogP contribution in [0.5, 0.6) is 5.75 Å². The number of rotatable bonds is 5. The van der Waals surface area contributed by atoms with Gasteiger partial charge in [-0.25, -0.2) is 4.68 Å². The predicted octanol–water partition coefficient (Wildman–Crippen LogP) is 3.51. The molecule has 130 valence electrons. The lowest BCUT2D eigenvalue weighted by Crippen LogP contribution is -2.23. The van der Waals surface area contributed by atoms with Crippen molar-refractivity contribution in [2.45, 2.75) is 32.4 Å². The van der Waals surface area contributed by atoms with E-state index in [2.05, 4.69) is 27.3 Å². The van der Waals surface area contributed by atoms with Crippen LogP contribution in [-0.4, -0.2) is 33.5 Å². The maximum atomic E-state index is 5.53. The van der Waals surface area contributed by atoms with Crippen LogP contribution >= 0.6 is 0 Å². The van der Waals surface area contributed by atoms with Gasteiger partial charge in [-0.1, -0.05) is 5.16 Å². The second-order valence-corrected chi connectivity index (χ2v) is 6.44. The number of likely N-dealkylation sites (tertiary alicyclic amines) is 1. The van der Waals surface area contributed by atoms with E-state index in [1.54, 1.807) is 13.3 Å². The molecule has 0 radical (unpaired) electrons. The highest BCUT2D eigenvalue weighted by molar-refractivity contribution is 5.45. The van der Waals surface area contributed by atoms with Crippen LogP contribution in [0.25, 0.3) is 5.69 Å². The van der Waals surface area contributed by atoms with Gasteiger partial charge in [0, 0.05) is 25.0 Å². The highest BCUT2D eigenvalue weighted by Crippen LogP contribution is 2.34. The fraction of sp³-hybridized carbons (Fsp3) is 0.368. The number of hydrogen-bond acceptors (Lipinski definition) is 5. The van der Waals surface area contributed by atoms with Gasteiger partial charge in [0.2, 0.25) is 0 Å². The molecule has 1 saturated heterocycles. The van der Waals surface area contributed by atoms with Crippen molar-refractivity contribution in [3.8, 4) is 11.4 Å². The van der Waals surface area contributed by atoms with Gasteiger partial charge in [0.1, 0.15) is 5.75 Å². The van der Waals surface area contributed by atoms with E-state index < -0.39 is 0 Å². The van der Waals surface area contributed by atoms with Gasteiger partial charge in [-0.15, -0.1) is 0 Å². The number of nitrogens with zero attached hydrogens (tertiary/aromatic N) is 4. The fourth-order valence-electron chi connectivity index (χ4n) is 3.55. The third-order valence-electron chi connectivity index (χ3n) is 4.75. The van der Waals surface area contributed by atoms with Crippen LogP contribution in [0.15, 0.2) is 47.2 Å². The Hall–Kier alpha value is -2.60. The quantitative estimate of drug-likeness (QED) is 0.712. The number of aryl methyl sites for hydroxylation is 1. The third-order valence-corrected chi connectivity index (χ3v) is 4.75. The zero-order chi connectivity index (χ0) is 17.2. The molecule has 3 heterocycles. The summed E-state index contributed by atoms with van der Waals surface area (Å²) in [7, 11) is 1.70. The van der Waals surface area contributed by atoms with Crippen molar-refractivity contribution in [1.29, 1.82) is 0 Å². The van der Waals surface area contributed by atoms with Crippen LogP contribution in [0.4, 0.5) is 0 Å². The van der Waals surface area contributed by atoms with Crippen LogP contribution in [0.3, 0.4) is 0 Å². The lowest BCUT2D eigenvalue weighted by molar-refractivity contribution is 0.206. The van der Waals surface area contributed by atoms with Crippen molar-refractivity contribution in [1.82, 2.24) is 19.8 Å². The van der Waals surface area contributed by atoms with Crippen molar-refractivity contribution in [2.75, 3.05) is 13.7 Å². The molecule has 3 aromatic rings. The first-order valence-corrected chi connectivity index (χ1v) is 8.59. The van der Waals surface area contributed by atoms with Gasteiger partial charge in [0.25, 0.3) is 0 Å². The summed E-state index contributed by atoms with van der Waals surface area (Å²) in [5.74, 6) is 1.82. The Morgan fingerprint density at radius 2 is 2.24 bits per heavy atom. The number of ether oxygens (including phenoxy) is 1. The number of hydrogen-bond donors (Lipinski definition) is 0. The average Bonchev–Trinajstić information content (AvgIpc) is 3.36. The first kappa shape index (κ1) is 15.9. The molecular weight excluding hydrogens is 316 g/mol. The van der Waals surface area contributed by atoms with E-state index in [0.29, 0.717) is 0 Å². The standard InChI is InChI=1S/C19H22N4O2/c1-14-11-19(25-21-14)18-5-3-9-22(18)13-15-12-16(24-2)6-7-17(15)23-10-4-8-20-23/h4,6-8,10-12,18H,3,5,9,13H2,1-2H3/t18-/m0/s1. The summed E-state index contributed by atoms with van der Waals surface area (Å²) >= 11 is 0. The monoisotopic (exact) mass is 338 g/mol. The van der Waals surface area contributed by atoms with Crippen molar-refractivity contribution < 1.29 is 9.26 Å². The van der Waals surface area contributed by atoms with Gasteiger partial charge in [-0.3, -0.25) is 4.90 Å². The Balaban J connectivity index is 1.65. The molecule has 1 atom stereocenters. The zero-order valence-corrected chi connectivity index (χ0v) is 14.6. The van der Waals surface area contributed by atoms with Gasteiger partial charge < -0.3 is 9.26 Å². The second-order valence-electron chi connectivity index (χ2n) is 6.44. The lowest BCUT2D eigenvalue weighted by Gasteiger charge is -2.24. The Morgan fingerprint density at radius 1 is 1.32 bits per heavy atom. The van der Waals surface area contributed by atoms with Crippen molar-refractivity contribution in [3.63, 3.8) is 0 Å². The molecule has 0 amide bonds. The highest BCUT2D eigenvalue weighted by Gasteiger charge is 2.29. The Labute approximate surface area is 147 Å². The second kappa shape index (κ2) is 6.72. The summed E-state index contributed by atoms with van der Waals surface area (Å²) in [5.41, 5.74) is 3.19. The summed E-state index contributed by atoms with van der Waals surface area (Å²) in [6, 6.07) is 10.4. The normalized spacial score (nSPS) is 17.9. The van der Waals surface area contributed by atoms with E-state index >= 15 is 0 Å². The number of benzene rings is 1. The van der Waals surface area contributed by atoms with Crippen LogP contribution in [0.1, 0.15) is 35.9 Å². The Bertz CT molecular complexity index is 841. The third kappa shape index (κ3) is 3.17. The van der Waals surface area contributed by atoms with Gasteiger partial charge in [0.05, 0.1) is 24.5 Å². The molecule has 0 N–H and O–H groups in total. The Morgan fingerprint density at radius 3 is 2.96 bits per heavy atom. The molecule has 4 rings (SSSR count). The van der Waals surface area contributed by atoms with Crippen LogP contribution in [0, 0.1) is 6.92 Å². The molecule has 0 spiro atoms. The smallest absolute Gasteiger partial charge is 0.154 e. The van der Waals surface area contributed by atoms with Crippen molar-refractivity contribution >= 4 is 0 Å². The Kier molecular flexibility index (Phi) is 4.28. The molecule has 1 aliphatic heterocycles. The molecule has 1 aliphatic rings. The topological polar surface area (TPSA) is 56.3 Å². The van der Waals surface area contributed by atoms with Gasteiger partial charge >= 0.3 is 0 Å². The highest BCUT2D eigenvalue weighted by atomic mass is 16.5. The first-order valence-electron chi connectivity index (χ1n) is 8.59. The molecule has 2 aromatic heterocycles. The molecule has 0 saturated carbocycles. The summed E-state index contributed by atoms with van der Waals surface area (Å²) in [4.78, 5) is 2.45. The maximum absolute atomic E-state index is 5.53. The molecule has 0 bridgehead atoms. The molecule has 1 fully saturated rings. The molecule has 1 aromatic carbocycles. The van der Waals surface area contributed by atoms with Crippen LogP contribution in [-0.2, 0) is 6.54 Å². The molecule has 0 aliphatic carbocycles. The average molecular weight is 338 g/mol. The minimum absolute atomic E-state index is 0.276. The van der Waals surface area contributed by atoms with Crippen molar-refractivity contribution in [3.05, 3.63) is 59.7 Å². The zero-order valence-electron chi connectivity index (χ0n) is 14.6. The van der Waals surface area contributed by atoms with E-state index in [1.165, 1.54) is 5.56 Å². The molecular formula is C19H22N4O2. The molecule has 6 heteroatoms. The van der Waals surface area contributed by atoms with Crippen LogP contribution in [0.2, 0.25) is 0 Å². The minimum Gasteiger partial charge on any atom is -0.497 e. The summed E-state index contributed by atoms with van der Waals surface area (Å²) in [6.45, 7) is 3.82. The molecule has 0 unspecified atom stereocenters. The van der Waals surface area contributed by atoms with E-state index in [0.717, 1.165) is 48.8 Å². The summed E-state index contributed by atoms with van der Waals surface area (Å²) < 4.78 is 12.9. The summed E-state index contributed by atoms with van der Waals surface area (Å²) in [6.07, 6.45) is 6.01. The van der Waals surface area contributed by atoms with Crippen molar-refractivity contribution in [2.24, 2.45) is 0 Å².